The van der Waals surface area contributed by atoms with E-state index in [2.05, 4.69) is 6.92 Å². The van der Waals surface area contributed by atoms with Gasteiger partial charge >= 0.3 is 0 Å². The van der Waals surface area contributed by atoms with E-state index < -0.39 is 0 Å². The first-order valence-electron chi connectivity index (χ1n) is 8.63. The van der Waals surface area contributed by atoms with Crippen molar-refractivity contribution in [1.82, 2.24) is 0 Å². The van der Waals surface area contributed by atoms with Gasteiger partial charge < -0.3 is 14.3 Å². The van der Waals surface area contributed by atoms with E-state index in [9.17, 15) is 4.79 Å². The first-order chi connectivity index (χ1) is 10.8. The van der Waals surface area contributed by atoms with E-state index in [1.165, 1.54) is 63.7 Å². The van der Waals surface area contributed by atoms with Gasteiger partial charge in [-0.25, -0.2) is 0 Å². The Morgan fingerprint density at radius 2 is 1.59 bits per heavy atom. The molecule has 0 aromatic carbocycles. The second-order valence-corrected chi connectivity index (χ2v) is 5.76. The van der Waals surface area contributed by atoms with Crippen LogP contribution in [0.15, 0.2) is 21.5 Å². The highest BCUT2D eigenvalue weighted by molar-refractivity contribution is 5.17. The molecule has 0 amide bonds. The predicted octanol–water partition coefficient (Wildman–Crippen LogP) is 4.43. The molecule has 4 nitrogen and oxygen atoms in total. The summed E-state index contributed by atoms with van der Waals surface area (Å²) < 4.78 is 10.5. The highest BCUT2D eigenvalue weighted by Gasteiger charge is 2.03. The molecule has 0 fully saturated rings. The van der Waals surface area contributed by atoms with Crippen LogP contribution in [-0.4, -0.2) is 11.7 Å². The number of aliphatic hydroxyl groups is 1. The summed E-state index contributed by atoms with van der Waals surface area (Å²) in [6, 6.07) is 1.27. The molecule has 1 N–H and O–H groups in total. The highest BCUT2D eigenvalue weighted by atomic mass is 16.5. The lowest BCUT2D eigenvalue weighted by atomic mass is 10.1. The third-order valence-electron chi connectivity index (χ3n) is 3.76. The summed E-state index contributed by atoms with van der Waals surface area (Å²) in [5.74, 6) is 0.490. The van der Waals surface area contributed by atoms with E-state index in [1.807, 2.05) is 0 Å². The van der Waals surface area contributed by atoms with Crippen LogP contribution in [0.4, 0.5) is 0 Å². The maximum absolute atomic E-state index is 11.6. The van der Waals surface area contributed by atoms with Crippen molar-refractivity contribution in [2.24, 2.45) is 0 Å². The van der Waals surface area contributed by atoms with Crippen molar-refractivity contribution in [3.63, 3.8) is 0 Å². The molecule has 22 heavy (non-hydrogen) atoms. The Hall–Kier alpha value is -1.29. The molecule has 0 radical (unpaired) electrons. The van der Waals surface area contributed by atoms with Gasteiger partial charge in [0.25, 0.3) is 0 Å². The normalized spacial score (nSPS) is 10.8. The Labute approximate surface area is 133 Å². The zero-order valence-electron chi connectivity index (χ0n) is 13.8. The van der Waals surface area contributed by atoms with Crippen molar-refractivity contribution in [2.45, 2.75) is 77.7 Å². The van der Waals surface area contributed by atoms with Gasteiger partial charge in [-0.15, -0.1) is 0 Å². The summed E-state index contributed by atoms with van der Waals surface area (Å²) in [7, 11) is 0. The van der Waals surface area contributed by atoms with Crippen LogP contribution >= 0.6 is 0 Å². The first-order valence-corrected chi connectivity index (χ1v) is 8.63. The molecule has 0 saturated carbocycles. The molecule has 0 saturated heterocycles. The fourth-order valence-electron chi connectivity index (χ4n) is 2.40. The minimum absolute atomic E-state index is 0.230. The van der Waals surface area contributed by atoms with Crippen molar-refractivity contribution in [2.75, 3.05) is 6.61 Å². The molecular formula is C18H30O4. The summed E-state index contributed by atoms with van der Waals surface area (Å²) in [5.41, 5.74) is -0.234. The summed E-state index contributed by atoms with van der Waals surface area (Å²) in [6.07, 6.45) is 14.0. The molecule has 0 unspecified atom stereocenters. The summed E-state index contributed by atoms with van der Waals surface area (Å²) in [6.45, 7) is 2.51. The second kappa shape index (κ2) is 12.3. The number of aliphatic hydroxyl groups excluding tert-OH is 1. The predicted molar refractivity (Wildman–Crippen MR) is 88.2 cm³/mol. The summed E-state index contributed by atoms with van der Waals surface area (Å²) in [4.78, 5) is 11.6. The van der Waals surface area contributed by atoms with Crippen LogP contribution in [0.2, 0.25) is 0 Å². The maximum atomic E-state index is 11.6. The highest BCUT2D eigenvalue weighted by Crippen LogP contribution is 2.11. The number of hydrogen-bond donors (Lipinski definition) is 1. The van der Waals surface area contributed by atoms with Crippen molar-refractivity contribution in [3.05, 3.63) is 28.3 Å². The molecule has 0 bridgehead atoms. The molecule has 0 aliphatic rings. The number of ether oxygens (including phenoxy) is 1. The fourth-order valence-corrected chi connectivity index (χ4v) is 2.40. The van der Waals surface area contributed by atoms with Gasteiger partial charge in [0.15, 0.2) is 0 Å². The van der Waals surface area contributed by atoms with Gasteiger partial charge in [0.1, 0.15) is 18.6 Å². The van der Waals surface area contributed by atoms with Crippen LogP contribution in [0, 0.1) is 0 Å². The minimum atomic E-state index is -0.270. The van der Waals surface area contributed by atoms with Crippen molar-refractivity contribution < 1.29 is 14.3 Å². The van der Waals surface area contributed by atoms with Crippen molar-refractivity contribution in [3.8, 4) is 5.75 Å². The van der Waals surface area contributed by atoms with E-state index in [4.69, 9.17) is 14.3 Å². The molecule has 1 aromatic rings. The number of unbranched alkanes of at least 4 members (excludes halogenated alkanes) is 9. The largest absolute Gasteiger partial charge is 0.487 e. The average molecular weight is 310 g/mol. The molecule has 0 aliphatic heterocycles. The fraction of sp³-hybridized carbons (Fsp3) is 0.722. The molecule has 0 spiro atoms. The second-order valence-electron chi connectivity index (χ2n) is 5.76. The topological polar surface area (TPSA) is 59.7 Å². The van der Waals surface area contributed by atoms with E-state index in [-0.39, 0.29) is 23.5 Å². The van der Waals surface area contributed by atoms with Gasteiger partial charge in [-0.3, -0.25) is 4.79 Å². The van der Waals surface area contributed by atoms with E-state index in [0.717, 1.165) is 12.8 Å². The molecule has 4 heteroatoms. The van der Waals surface area contributed by atoms with Gasteiger partial charge in [-0.1, -0.05) is 64.7 Å². The van der Waals surface area contributed by atoms with E-state index in [1.54, 1.807) is 0 Å². The van der Waals surface area contributed by atoms with Crippen LogP contribution in [-0.2, 0) is 6.61 Å². The smallest absolute Gasteiger partial charge is 0.227 e. The molecule has 0 atom stereocenters. The first kappa shape index (κ1) is 18.8. The van der Waals surface area contributed by atoms with Crippen LogP contribution in [0.5, 0.6) is 5.75 Å². The third-order valence-corrected chi connectivity index (χ3v) is 3.76. The van der Waals surface area contributed by atoms with Gasteiger partial charge in [-0.2, -0.15) is 0 Å². The van der Waals surface area contributed by atoms with Crippen molar-refractivity contribution >= 4 is 0 Å². The Balaban J connectivity index is 1.98. The molecule has 126 valence electrons. The van der Waals surface area contributed by atoms with Gasteiger partial charge in [0.05, 0.1) is 6.61 Å². The lowest BCUT2D eigenvalue weighted by Gasteiger charge is -2.05. The molecule has 0 aliphatic carbocycles. The Morgan fingerprint density at radius 1 is 1.00 bits per heavy atom. The number of hydrogen-bond acceptors (Lipinski definition) is 4. The third kappa shape index (κ3) is 8.23. The monoisotopic (exact) mass is 310 g/mol. The molecule has 1 heterocycles. The molecule has 1 aromatic heterocycles. The number of rotatable bonds is 13. The summed E-state index contributed by atoms with van der Waals surface area (Å²) >= 11 is 0. The van der Waals surface area contributed by atoms with E-state index >= 15 is 0 Å². The van der Waals surface area contributed by atoms with Gasteiger partial charge in [0, 0.05) is 6.07 Å². The standard InChI is InChI=1S/C18H30O4/c1-2-3-4-5-6-7-8-9-10-11-12-21-18-15-22-16(14-19)13-17(18)20/h13,15,19H,2-12,14H2,1H3. The van der Waals surface area contributed by atoms with Crippen LogP contribution in [0.3, 0.4) is 0 Å². The van der Waals surface area contributed by atoms with Crippen molar-refractivity contribution in [1.29, 1.82) is 0 Å². The molecular weight excluding hydrogens is 280 g/mol. The van der Waals surface area contributed by atoms with Gasteiger partial charge in [-0.05, 0) is 6.42 Å². The quantitative estimate of drug-likeness (QED) is 0.547. The summed E-state index contributed by atoms with van der Waals surface area (Å²) in [5, 5.41) is 8.86. The van der Waals surface area contributed by atoms with Crippen LogP contribution in [0.25, 0.3) is 0 Å². The zero-order valence-corrected chi connectivity index (χ0v) is 13.8. The molecule has 1 rings (SSSR count). The Morgan fingerprint density at radius 3 is 2.14 bits per heavy atom. The lowest BCUT2D eigenvalue weighted by molar-refractivity contribution is 0.236. The zero-order chi connectivity index (χ0) is 16.0. The van der Waals surface area contributed by atoms with Crippen LogP contribution < -0.4 is 10.2 Å². The minimum Gasteiger partial charge on any atom is -0.487 e. The lowest BCUT2D eigenvalue weighted by Crippen LogP contribution is -2.09. The van der Waals surface area contributed by atoms with E-state index in [0.29, 0.717) is 6.61 Å². The van der Waals surface area contributed by atoms with Crippen LogP contribution in [0.1, 0.15) is 76.9 Å². The Bertz CT molecular complexity index is 439. The maximum Gasteiger partial charge on any atom is 0.227 e. The van der Waals surface area contributed by atoms with Gasteiger partial charge in [0.2, 0.25) is 11.2 Å². The Kier molecular flexibility index (Phi) is 10.5. The SMILES string of the molecule is CCCCCCCCCCCCOc1coc(CO)cc1=O. The average Bonchev–Trinajstić information content (AvgIpc) is 2.53.